The molecule has 5 rings (SSSR count). The average Bonchev–Trinajstić information content (AvgIpc) is 3.41. The Labute approximate surface area is 180 Å². The van der Waals surface area contributed by atoms with Crippen molar-refractivity contribution in [1.82, 2.24) is 30.2 Å². The Hall–Kier alpha value is -4.48. The Morgan fingerprint density at radius 3 is 2.81 bits per heavy atom. The molecule has 12 heteroatoms. The van der Waals surface area contributed by atoms with Gasteiger partial charge >= 0.3 is 12.0 Å². The molecule has 0 spiro atoms. The molecule has 3 heterocycles. The fourth-order valence-electron chi connectivity index (χ4n) is 3.21. The molecule has 12 nitrogen and oxygen atoms in total. The SMILES string of the molecule is O=C1NC(=O)/C(=C/c2cnn3c(NC4CC4)nc(NCc4cccc(C(=O)O)c4)nc23)N1. The zero-order chi connectivity index (χ0) is 22.2. The summed E-state index contributed by atoms with van der Waals surface area (Å²) in [6, 6.07) is 6.29. The Kier molecular flexibility index (Phi) is 4.66. The quantitative estimate of drug-likeness (QED) is 0.271. The van der Waals surface area contributed by atoms with Crippen LogP contribution in [0.3, 0.4) is 0 Å². The van der Waals surface area contributed by atoms with E-state index in [1.807, 2.05) is 0 Å². The van der Waals surface area contributed by atoms with Gasteiger partial charge in [-0.25, -0.2) is 9.59 Å². The maximum Gasteiger partial charge on any atom is 0.335 e. The molecule has 0 radical (unpaired) electrons. The minimum atomic E-state index is -1.000. The minimum absolute atomic E-state index is 0.0974. The second-order valence-corrected chi connectivity index (χ2v) is 7.45. The molecule has 2 aromatic heterocycles. The summed E-state index contributed by atoms with van der Waals surface area (Å²) in [6.45, 7) is 0.309. The number of urea groups is 1. The highest BCUT2D eigenvalue weighted by Crippen LogP contribution is 2.25. The number of amides is 3. The number of carbonyl (C=O) groups excluding carboxylic acids is 2. The first-order valence-electron chi connectivity index (χ1n) is 9.89. The minimum Gasteiger partial charge on any atom is -0.478 e. The van der Waals surface area contributed by atoms with Crippen LogP contribution in [0.4, 0.5) is 16.7 Å². The predicted molar refractivity (Wildman–Crippen MR) is 113 cm³/mol. The number of imide groups is 1. The largest absolute Gasteiger partial charge is 0.478 e. The van der Waals surface area contributed by atoms with Crippen LogP contribution >= 0.6 is 0 Å². The van der Waals surface area contributed by atoms with Crippen molar-refractivity contribution in [3.05, 3.63) is 52.8 Å². The number of benzene rings is 1. The number of hydrogen-bond donors (Lipinski definition) is 5. The van der Waals surface area contributed by atoms with Gasteiger partial charge in [0.15, 0.2) is 5.65 Å². The van der Waals surface area contributed by atoms with E-state index in [2.05, 4.69) is 36.3 Å². The molecule has 1 aromatic carbocycles. The average molecular weight is 434 g/mol. The van der Waals surface area contributed by atoms with Crippen molar-refractivity contribution >= 4 is 41.5 Å². The Balaban J connectivity index is 1.47. The summed E-state index contributed by atoms with van der Waals surface area (Å²) >= 11 is 0. The van der Waals surface area contributed by atoms with Gasteiger partial charge in [-0.15, -0.1) is 0 Å². The fraction of sp³-hybridized carbons (Fsp3) is 0.200. The highest BCUT2D eigenvalue weighted by molar-refractivity contribution is 6.14. The van der Waals surface area contributed by atoms with Gasteiger partial charge in [0.05, 0.1) is 11.8 Å². The molecule has 1 aliphatic heterocycles. The third-order valence-electron chi connectivity index (χ3n) is 4.95. The second-order valence-electron chi connectivity index (χ2n) is 7.45. The molecule has 2 aliphatic rings. The number of carbonyl (C=O) groups is 3. The van der Waals surface area contributed by atoms with Gasteiger partial charge in [-0.3, -0.25) is 10.1 Å². The molecule has 1 saturated carbocycles. The van der Waals surface area contributed by atoms with Crippen LogP contribution in [0.25, 0.3) is 11.7 Å². The van der Waals surface area contributed by atoms with Gasteiger partial charge in [-0.05, 0) is 36.6 Å². The van der Waals surface area contributed by atoms with Crippen LogP contribution in [-0.2, 0) is 11.3 Å². The molecule has 162 valence electrons. The summed E-state index contributed by atoms with van der Waals surface area (Å²) in [7, 11) is 0. The molecule has 3 amide bonds. The van der Waals surface area contributed by atoms with E-state index in [4.69, 9.17) is 0 Å². The van der Waals surface area contributed by atoms with Crippen LogP contribution < -0.4 is 21.3 Å². The third kappa shape index (κ3) is 3.93. The van der Waals surface area contributed by atoms with E-state index in [-0.39, 0.29) is 11.3 Å². The van der Waals surface area contributed by atoms with Crippen molar-refractivity contribution < 1.29 is 19.5 Å². The smallest absolute Gasteiger partial charge is 0.335 e. The number of hydrogen-bond acceptors (Lipinski definition) is 8. The van der Waals surface area contributed by atoms with E-state index in [0.29, 0.717) is 35.7 Å². The van der Waals surface area contributed by atoms with Crippen LogP contribution in [0.5, 0.6) is 0 Å². The van der Waals surface area contributed by atoms with Crippen LogP contribution in [-0.4, -0.2) is 48.6 Å². The molecule has 0 unspecified atom stereocenters. The normalized spacial score (nSPS) is 16.8. The van der Waals surface area contributed by atoms with E-state index < -0.39 is 17.9 Å². The molecular weight excluding hydrogens is 416 g/mol. The zero-order valence-corrected chi connectivity index (χ0v) is 16.6. The van der Waals surface area contributed by atoms with Crippen molar-refractivity contribution in [3.63, 3.8) is 0 Å². The van der Waals surface area contributed by atoms with Gasteiger partial charge in [0, 0.05) is 18.2 Å². The van der Waals surface area contributed by atoms with E-state index in [9.17, 15) is 19.5 Å². The number of anilines is 2. The van der Waals surface area contributed by atoms with Gasteiger partial charge in [-0.1, -0.05) is 12.1 Å². The first-order valence-corrected chi connectivity index (χ1v) is 9.89. The summed E-state index contributed by atoms with van der Waals surface area (Å²) in [5, 5.41) is 24.5. The van der Waals surface area contributed by atoms with Crippen molar-refractivity contribution in [3.8, 4) is 0 Å². The van der Waals surface area contributed by atoms with E-state index >= 15 is 0 Å². The van der Waals surface area contributed by atoms with Gasteiger partial charge in [-0.2, -0.15) is 19.6 Å². The Morgan fingerprint density at radius 1 is 1.25 bits per heavy atom. The number of aromatic nitrogens is 4. The highest BCUT2D eigenvalue weighted by Gasteiger charge is 2.26. The van der Waals surface area contributed by atoms with Gasteiger partial charge in [0.25, 0.3) is 5.91 Å². The van der Waals surface area contributed by atoms with Crippen molar-refractivity contribution in [1.29, 1.82) is 0 Å². The van der Waals surface area contributed by atoms with E-state index in [0.717, 1.165) is 18.4 Å². The number of aromatic carboxylic acids is 1. The fourth-order valence-corrected chi connectivity index (χ4v) is 3.21. The number of carboxylic acid groups (broad SMARTS) is 1. The molecule has 2 fully saturated rings. The molecule has 3 aromatic rings. The molecule has 0 atom stereocenters. The molecule has 0 bridgehead atoms. The zero-order valence-electron chi connectivity index (χ0n) is 16.6. The van der Waals surface area contributed by atoms with Crippen molar-refractivity contribution in [2.24, 2.45) is 0 Å². The second kappa shape index (κ2) is 7.65. The monoisotopic (exact) mass is 434 g/mol. The maximum absolute atomic E-state index is 11.9. The number of nitrogens with one attached hydrogen (secondary N) is 4. The third-order valence-corrected chi connectivity index (χ3v) is 4.95. The summed E-state index contributed by atoms with van der Waals surface area (Å²) in [4.78, 5) is 43.5. The highest BCUT2D eigenvalue weighted by atomic mass is 16.4. The lowest BCUT2D eigenvalue weighted by Crippen LogP contribution is -2.22. The topological polar surface area (TPSA) is 163 Å². The molecule has 1 aliphatic carbocycles. The van der Waals surface area contributed by atoms with Crippen LogP contribution in [0.2, 0.25) is 0 Å². The van der Waals surface area contributed by atoms with E-state index in [1.54, 1.807) is 18.2 Å². The molecular formula is C20H18N8O4. The summed E-state index contributed by atoms with van der Waals surface area (Å²) < 4.78 is 1.54. The standard InChI is InChI=1S/C20H18N8O4/c29-16-14(24-20(32)26-16)7-12-9-22-28-15(12)25-18(27-19(28)23-13-4-5-13)21-8-10-2-1-3-11(6-10)17(30)31/h1-3,6-7,9,13H,4-5,8H2,(H,30,31)(H2,21,23,25,27)(H2,24,26,29,32)/b14-7-. The van der Waals surface area contributed by atoms with Crippen LogP contribution in [0.15, 0.2) is 36.2 Å². The van der Waals surface area contributed by atoms with Crippen LogP contribution in [0.1, 0.15) is 34.3 Å². The van der Waals surface area contributed by atoms with Crippen molar-refractivity contribution in [2.45, 2.75) is 25.4 Å². The Bertz CT molecular complexity index is 1290. The predicted octanol–water partition coefficient (Wildman–Crippen LogP) is 1.19. The Morgan fingerprint density at radius 2 is 2.09 bits per heavy atom. The van der Waals surface area contributed by atoms with Gasteiger partial charge < -0.3 is 21.1 Å². The number of carboxylic acids is 1. The van der Waals surface area contributed by atoms with Gasteiger partial charge in [0.2, 0.25) is 11.9 Å². The number of fused-ring (bicyclic) bond motifs is 1. The van der Waals surface area contributed by atoms with Gasteiger partial charge in [0.1, 0.15) is 5.70 Å². The molecule has 5 N–H and O–H groups in total. The van der Waals surface area contributed by atoms with Crippen LogP contribution in [0, 0.1) is 0 Å². The van der Waals surface area contributed by atoms with E-state index in [1.165, 1.54) is 22.9 Å². The first kappa shape index (κ1) is 19.5. The first-order chi connectivity index (χ1) is 15.5. The lowest BCUT2D eigenvalue weighted by molar-refractivity contribution is -0.115. The lowest BCUT2D eigenvalue weighted by atomic mass is 10.1. The lowest BCUT2D eigenvalue weighted by Gasteiger charge is -2.10. The summed E-state index contributed by atoms with van der Waals surface area (Å²) in [5.41, 5.74) is 2.01. The number of rotatable bonds is 7. The molecule has 32 heavy (non-hydrogen) atoms. The summed E-state index contributed by atoms with van der Waals surface area (Å²) in [6.07, 6.45) is 5.09. The summed E-state index contributed by atoms with van der Waals surface area (Å²) in [5.74, 6) is -0.734. The maximum atomic E-state index is 11.9. The molecule has 1 saturated heterocycles. The number of nitrogens with zero attached hydrogens (tertiary/aromatic N) is 4. The van der Waals surface area contributed by atoms with Crippen molar-refractivity contribution in [2.75, 3.05) is 10.6 Å².